The molecule has 0 amide bonds. The number of rotatable bonds is 0. The normalized spacial score (nSPS) is 35.6. The van der Waals surface area contributed by atoms with Crippen molar-refractivity contribution < 1.29 is 8.39 Å². The molecule has 4 nitrogen and oxygen atoms in total. The van der Waals surface area contributed by atoms with Crippen molar-refractivity contribution in [2.24, 2.45) is 0 Å². The highest BCUT2D eigenvalue weighted by Gasteiger charge is 2.40. The van der Waals surface area contributed by atoms with Gasteiger partial charge in [-0.3, -0.25) is 5.32 Å². The third kappa shape index (κ3) is 1.88. The summed E-state index contributed by atoms with van der Waals surface area (Å²) < 4.78 is 17.6. The largest absolute Gasteiger partial charge is 0.399 e. The van der Waals surface area contributed by atoms with E-state index in [9.17, 15) is 4.21 Å². The van der Waals surface area contributed by atoms with Crippen molar-refractivity contribution in [3.05, 3.63) is 29.3 Å². The minimum atomic E-state index is -1.30. The van der Waals surface area contributed by atoms with E-state index in [0.717, 1.165) is 23.4 Å². The number of fused-ring (bicyclic) bond motifs is 3. The van der Waals surface area contributed by atoms with Crippen LogP contribution in [0.1, 0.15) is 24.0 Å². The maximum atomic E-state index is 12.0. The van der Waals surface area contributed by atoms with Gasteiger partial charge in [-0.05, 0) is 25.5 Å². The molecular formula is C12H16N2O2S. The Morgan fingerprint density at radius 2 is 2.29 bits per heavy atom. The van der Waals surface area contributed by atoms with Gasteiger partial charge in [-0.25, -0.2) is 4.21 Å². The predicted molar refractivity (Wildman–Crippen MR) is 67.1 cm³/mol. The van der Waals surface area contributed by atoms with E-state index in [1.807, 2.05) is 19.9 Å². The van der Waals surface area contributed by atoms with Crippen LogP contribution < -0.4 is 14.8 Å². The van der Waals surface area contributed by atoms with Gasteiger partial charge in [0.2, 0.25) is 11.1 Å². The average Bonchev–Trinajstić information content (AvgIpc) is 2.29. The van der Waals surface area contributed by atoms with E-state index in [1.165, 1.54) is 0 Å². The van der Waals surface area contributed by atoms with Gasteiger partial charge in [-0.1, -0.05) is 12.1 Å². The van der Waals surface area contributed by atoms with Gasteiger partial charge in [0.25, 0.3) is 0 Å². The van der Waals surface area contributed by atoms with E-state index in [1.54, 1.807) is 0 Å². The van der Waals surface area contributed by atoms with Crippen LogP contribution in [0.4, 0.5) is 0 Å². The number of hydrogen-bond acceptors (Lipinski definition) is 4. The standard InChI is InChI=1S/C12H16N2O2S/c1-7-3-4-9-10-6-13-8(2)14-12(10)17(15)16-11(9)5-7/h3-5,8,10,12-14H,6H2,1-2H3. The van der Waals surface area contributed by atoms with Gasteiger partial charge in [0.15, 0.2) is 0 Å². The Morgan fingerprint density at radius 3 is 3.12 bits per heavy atom. The van der Waals surface area contributed by atoms with Gasteiger partial charge in [0.05, 0.1) is 6.17 Å². The SMILES string of the molecule is Cc1ccc2c(c1)OS(=O)C1NC(C)NCC21. The molecule has 0 bridgehead atoms. The lowest BCUT2D eigenvalue weighted by Gasteiger charge is -2.39. The van der Waals surface area contributed by atoms with Crippen molar-refractivity contribution in [1.29, 1.82) is 0 Å². The molecule has 2 heterocycles. The molecule has 0 aliphatic carbocycles. The Morgan fingerprint density at radius 1 is 1.47 bits per heavy atom. The fourth-order valence-corrected chi connectivity index (χ4v) is 3.71. The zero-order chi connectivity index (χ0) is 12.0. The first kappa shape index (κ1) is 11.2. The minimum absolute atomic E-state index is 0.110. The van der Waals surface area contributed by atoms with Crippen molar-refractivity contribution in [2.45, 2.75) is 31.3 Å². The molecule has 0 radical (unpaired) electrons. The monoisotopic (exact) mass is 252 g/mol. The second kappa shape index (κ2) is 4.08. The first-order valence-electron chi connectivity index (χ1n) is 5.84. The highest BCUT2D eigenvalue weighted by atomic mass is 32.2. The summed E-state index contributed by atoms with van der Waals surface area (Å²) in [5.74, 6) is 0.985. The van der Waals surface area contributed by atoms with Gasteiger partial charge in [0.1, 0.15) is 11.1 Å². The van der Waals surface area contributed by atoms with Crippen molar-refractivity contribution in [1.82, 2.24) is 10.6 Å². The molecule has 4 atom stereocenters. The van der Waals surface area contributed by atoms with Crippen LogP contribution in [0.15, 0.2) is 18.2 Å². The van der Waals surface area contributed by atoms with Crippen LogP contribution in [0.25, 0.3) is 0 Å². The first-order valence-corrected chi connectivity index (χ1v) is 6.98. The van der Waals surface area contributed by atoms with Crippen molar-refractivity contribution >= 4 is 11.1 Å². The lowest BCUT2D eigenvalue weighted by molar-refractivity contribution is 0.314. The Kier molecular flexibility index (Phi) is 2.69. The van der Waals surface area contributed by atoms with Gasteiger partial charge in [-0.15, -0.1) is 0 Å². The molecule has 2 aliphatic heterocycles. The zero-order valence-electron chi connectivity index (χ0n) is 9.90. The van der Waals surface area contributed by atoms with Gasteiger partial charge in [-0.2, -0.15) is 0 Å². The van der Waals surface area contributed by atoms with E-state index in [-0.39, 0.29) is 17.5 Å². The van der Waals surface area contributed by atoms with Gasteiger partial charge < -0.3 is 9.50 Å². The summed E-state index contributed by atoms with van der Waals surface area (Å²) in [7, 11) is 0. The molecule has 3 rings (SSSR count). The molecule has 0 spiro atoms. The molecule has 2 aliphatic rings. The number of aryl methyl sites for hydroxylation is 1. The molecule has 1 fully saturated rings. The Hall–Kier alpha value is -0.910. The van der Waals surface area contributed by atoms with E-state index >= 15 is 0 Å². The zero-order valence-corrected chi connectivity index (χ0v) is 10.7. The number of benzene rings is 1. The molecular weight excluding hydrogens is 236 g/mol. The van der Waals surface area contributed by atoms with Crippen molar-refractivity contribution in [3.63, 3.8) is 0 Å². The summed E-state index contributed by atoms with van der Waals surface area (Å²) in [4.78, 5) is 0. The summed E-state index contributed by atoms with van der Waals surface area (Å²) in [6, 6.07) is 6.12. The Bertz CT molecular complexity index is 478. The predicted octanol–water partition coefficient (Wildman–Crippen LogP) is 1.000. The highest BCUT2D eigenvalue weighted by molar-refractivity contribution is 7.81. The topological polar surface area (TPSA) is 50.4 Å². The molecule has 0 aromatic heterocycles. The van der Waals surface area contributed by atoms with E-state index in [2.05, 4.69) is 22.8 Å². The molecule has 1 aromatic rings. The second-order valence-corrected chi connectivity index (χ2v) is 5.90. The average molecular weight is 252 g/mol. The summed E-state index contributed by atoms with van der Waals surface area (Å²) in [6.07, 6.45) is 0.177. The van der Waals surface area contributed by atoms with E-state index in [4.69, 9.17) is 4.18 Å². The van der Waals surface area contributed by atoms with Gasteiger partial charge in [0, 0.05) is 18.0 Å². The second-order valence-electron chi connectivity index (χ2n) is 4.71. The quantitative estimate of drug-likeness (QED) is 0.723. The Balaban J connectivity index is 2.02. The van der Waals surface area contributed by atoms with Crippen LogP contribution in [-0.4, -0.2) is 22.3 Å². The fourth-order valence-electron chi connectivity index (χ4n) is 2.46. The third-order valence-corrected chi connectivity index (χ3v) is 4.59. The summed E-state index contributed by atoms with van der Waals surface area (Å²) in [6.45, 7) is 4.88. The molecule has 4 unspecified atom stereocenters. The number of hydrogen-bond donors (Lipinski definition) is 2. The van der Waals surface area contributed by atoms with E-state index in [0.29, 0.717) is 0 Å². The van der Waals surface area contributed by atoms with Gasteiger partial charge >= 0.3 is 0 Å². The third-order valence-electron chi connectivity index (χ3n) is 3.37. The van der Waals surface area contributed by atoms with E-state index < -0.39 is 11.1 Å². The fraction of sp³-hybridized carbons (Fsp3) is 0.500. The van der Waals surface area contributed by atoms with Crippen LogP contribution >= 0.6 is 0 Å². The van der Waals surface area contributed by atoms with Crippen LogP contribution in [0, 0.1) is 6.92 Å². The Labute approximate surface area is 103 Å². The van der Waals surface area contributed by atoms with Crippen molar-refractivity contribution in [3.8, 4) is 5.75 Å². The molecule has 1 saturated heterocycles. The van der Waals surface area contributed by atoms with Crippen molar-refractivity contribution in [2.75, 3.05) is 6.54 Å². The lowest BCUT2D eigenvalue weighted by atomic mass is 9.94. The minimum Gasteiger partial charge on any atom is -0.399 e. The first-order chi connectivity index (χ1) is 8.15. The maximum absolute atomic E-state index is 12.0. The molecule has 2 N–H and O–H groups in total. The smallest absolute Gasteiger partial charge is 0.225 e. The highest BCUT2D eigenvalue weighted by Crippen LogP contribution is 2.37. The summed E-state index contributed by atoms with van der Waals surface area (Å²) in [5.41, 5.74) is 2.27. The van der Waals surface area contributed by atoms with Crippen LogP contribution in [0.5, 0.6) is 5.75 Å². The maximum Gasteiger partial charge on any atom is 0.225 e. The molecule has 0 saturated carbocycles. The molecule has 17 heavy (non-hydrogen) atoms. The van der Waals surface area contributed by atoms with Crippen LogP contribution in [0.3, 0.4) is 0 Å². The molecule has 92 valence electrons. The molecule has 1 aromatic carbocycles. The van der Waals surface area contributed by atoms with Crippen LogP contribution in [0.2, 0.25) is 0 Å². The molecule has 5 heteroatoms. The number of nitrogens with one attached hydrogen (secondary N) is 2. The summed E-state index contributed by atoms with van der Waals surface area (Å²) >= 11 is -1.30. The lowest BCUT2D eigenvalue weighted by Crippen LogP contribution is -2.59. The summed E-state index contributed by atoms with van der Waals surface area (Å²) in [5, 5.41) is 6.53. The van der Waals surface area contributed by atoms with Crippen LogP contribution in [-0.2, 0) is 11.1 Å².